The largest absolute Gasteiger partial charge is 0.497 e. The van der Waals surface area contributed by atoms with Gasteiger partial charge in [-0.3, -0.25) is 0 Å². The normalized spacial score (nSPS) is 22.4. The first-order valence-corrected chi connectivity index (χ1v) is 5.61. The molecule has 1 aromatic rings. The minimum atomic E-state index is -0.453. The highest BCUT2D eigenvalue weighted by molar-refractivity contribution is 5.78. The quantitative estimate of drug-likeness (QED) is 0.593. The number of esters is 1. The van der Waals surface area contributed by atoms with Crippen LogP contribution < -0.4 is 4.74 Å². The number of hydrogen-bond acceptors (Lipinski definition) is 4. The number of carbonyl (C=O) groups is 1. The molecule has 0 saturated carbocycles. The van der Waals surface area contributed by atoms with Crippen LogP contribution in [0.25, 0.3) is 0 Å². The van der Waals surface area contributed by atoms with Gasteiger partial charge in [-0.05, 0) is 31.5 Å². The molecule has 0 aromatic heterocycles. The number of benzene rings is 1. The smallest absolute Gasteiger partial charge is 0.338 e. The zero-order valence-corrected chi connectivity index (χ0v) is 10.2. The van der Waals surface area contributed by atoms with Gasteiger partial charge in [0, 0.05) is 0 Å². The van der Waals surface area contributed by atoms with E-state index >= 15 is 0 Å². The lowest BCUT2D eigenvalue weighted by atomic mass is 10.1. The van der Waals surface area contributed by atoms with Crippen LogP contribution >= 0.6 is 0 Å². The van der Waals surface area contributed by atoms with Crippen LogP contribution in [-0.4, -0.2) is 25.3 Å². The molecular formula is C13H16O4. The minimum Gasteiger partial charge on any atom is -0.497 e. The fourth-order valence-corrected chi connectivity index (χ4v) is 1.64. The van der Waals surface area contributed by atoms with E-state index in [2.05, 4.69) is 0 Å². The maximum Gasteiger partial charge on any atom is 0.338 e. The van der Waals surface area contributed by atoms with E-state index in [0.29, 0.717) is 0 Å². The first-order valence-electron chi connectivity index (χ1n) is 5.61. The molecule has 1 aliphatic rings. The minimum absolute atomic E-state index is 0.108. The molecule has 1 aromatic carbocycles. The monoisotopic (exact) mass is 236 g/mol. The standard InChI is InChI=1S/C13H16O4/c1-8(2)16-13(14)12-11(17-12)9-4-6-10(15-3)7-5-9/h4-8,11-12H,1-3H3/t11-,12-/m0/s1. The molecule has 1 saturated heterocycles. The zero-order chi connectivity index (χ0) is 12.4. The van der Waals surface area contributed by atoms with Gasteiger partial charge in [0.1, 0.15) is 11.9 Å². The topological polar surface area (TPSA) is 48.1 Å². The summed E-state index contributed by atoms with van der Waals surface area (Å²) >= 11 is 0. The summed E-state index contributed by atoms with van der Waals surface area (Å²) in [6.45, 7) is 3.64. The number of ether oxygens (including phenoxy) is 3. The van der Waals surface area contributed by atoms with Crippen LogP contribution in [0.5, 0.6) is 5.75 Å². The highest BCUT2D eigenvalue weighted by atomic mass is 16.6. The van der Waals surface area contributed by atoms with Gasteiger partial charge in [0.2, 0.25) is 0 Å². The Labute approximate surface area is 100 Å². The molecule has 0 amide bonds. The number of carbonyl (C=O) groups excluding carboxylic acids is 1. The molecule has 4 heteroatoms. The zero-order valence-electron chi connectivity index (χ0n) is 10.2. The third kappa shape index (κ3) is 2.77. The molecule has 17 heavy (non-hydrogen) atoms. The number of methoxy groups -OCH3 is 1. The Balaban J connectivity index is 1.95. The van der Waals surface area contributed by atoms with Gasteiger partial charge in [-0.2, -0.15) is 0 Å². The Morgan fingerprint density at radius 2 is 1.94 bits per heavy atom. The van der Waals surface area contributed by atoms with Gasteiger partial charge in [0.25, 0.3) is 0 Å². The molecule has 2 rings (SSSR count). The van der Waals surface area contributed by atoms with Gasteiger partial charge < -0.3 is 14.2 Å². The second-order valence-electron chi connectivity index (χ2n) is 4.24. The lowest BCUT2D eigenvalue weighted by Gasteiger charge is -2.05. The van der Waals surface area contributed by atoms with Crippen LogP contribution in [0.1, 0.15) is 25.5 Å². The molecule has 0 bridgehead atoms. The number of hydrogen-bond donors (Lipinski definition) is 0. The van der Waals surface area contributed by atoms with Gasteiger partial charge >= 0.3 is 5.97 Å². The Bertz CT molecular complexity index is 396. The van der Waals surface area contributed by atoms with Crippen molar-refractivity contribution in [1.82, 2.24) is 0 Å². The summed E-state index contributed by atoms with van der Waals surface area (Å²) in [7, 11) is 1.62. The number of rotatable bonds is 4. The summed E-state index contributed by atoms with van der Waals surface area (Å²) in [4.78, 5) is 11.6. The van der Waals surface area contributed by atoms with E-state index in [-0.39, 0.29) is 18.2 Å². The molecule has 0 spiro atoms. The highest BCUT2D eigenvalue weighted by Gasteiger charge is 2.47. The number of epoxide rings is 1. The summed E-state index contributed by atoms with van der Waals surface area (Å²) in [6, 6.07) is 7.49. The fraction of sp³-hybridized carbons (Fsp3) is 0.462. The Kier molecular flexibility index (Phi) is 3.33. The average Bonchev–Trinajstić information content (AvgIpc) is 3.08. The molecule has 1 aliphatic heterocycles. The van der Waals surface area contributed by atoms with Crippen molar-refractivity contribution in [3.05, 3.63) is 29.8 Å². The predicted octanol–water partition coefficient (Wildman–Crippen LogP) is 2.09. The van der Waals surface area contributed by atoms with Gasteiger partial charge in [-0.25, -0.2) is 4.79 Å². The molecule has 0 N–H and O–H groups in total. The van der Waals surface area contributed by atoms with Crippen molar-refractivity contribution in [3.63, 3.8) is 0 Å². The fourth-order valence-electron chi connectivity index (χ4n) is 1.64. The predicted molar refractivity (Wildman–Crippen MR) is 61.8 cm³/mol. The van der Waals surface area contributed by atoms with Crippen molar-refractivity contribution < 1.29 is 19.0 Å². The van der Waals surface area contributed by atoms with E-state index < -0.39 is 6.10 Å². The van der Waals surface area contributed by atoms with Crippen LogP contribution in [0.3, 0.4) is 0 Å². The van der Waals surface area contributed by atoms with Crippen molar-refractivity contribution in [3.8, 4) is 5.75 Å². The van der Waals surface area contributed by atoms with Crippen molar-refractivity contribution >= 4 is 5.97 Å². The van der Waals surface area contributed by atoms with Crippen LogP contribution in [0.15, 0.2) is 24.3 Å². The summed E-state index contributed by atoms with van der Waals surface area (Å²) in [6.07, 6.45) is -0.735. The molecular weight excluding hydrogens is 220 g/mol. The Hall–Kier alpha value is -1.55. The van der Waals surface area contributed by atoms with E-state index in [1.165, 1.54) is 0 Å². The maximum absolute atomic E-state index is 11.6. The van der Waals surface area contributed by atoms with Gasteiger partial charge in [-0.15, -0.1) is 0 Å². The molecule has 4 nitrogen and oxygen atoms in total. The maximum atomic E-state index is 11.6. The lowest BCUT2D eigenvalue weighted by molar-refractivity contribution is -0.148. The molecule has 92 valence electrons. The summed E-state index contributed by atoms with van der Waals surface area (Å²) < 4.78 is 15.5. The SMILES string of the molecule is COc1ccc([C@@H]2O[C@@H]2C(=O)OC(C)C)cc1. The van der Waals surface area contributed by atoms with Gasteiger partial charge in [0.05, 0.1) is 13.2 Å². The van der Waals surface area contributed by atoms with E-state index in [0.717, 1.165) is 11.3 Å². The molecule has 1 fully saturated rings. The van der Waals surface area contributed by atoms with Crippen LogP contribution in [0, 0.1) is 0 Å². The first kappa shape index (κ1) is 11.9. The third-order valence-electron chi connectivity index (χ3n) is 2.52. The molecule has 0 unspecified atom stereocenters. The first-order chi connectivity index (χ1) is 8.11. The third-order valence-corrected chi connectivity index (χ3v) is 2.52. The molecule has 0 aliphatic carbocycles. The molecule has 0 radical (unpaired) electrons. The Morgan fingerprint density at radius 3 is 2.47 bits per heavy atom. The highest BCUT2D eigenvalue weighted by Crippen LogP contribution is 2.40. The summed E-state index contributed by atoms with van der Waals surface area (Å²) in [5.74, 6) is 0.497. The van der Waals surface area contributed by atoms with Crippen LogP contribution in [0.2, 0.25) is 0 Å². The molecule has 1 heterocycles. The van der Waals surface area contributed by atoms with Crippen molar-refractivity contribution in [1.29, 1.82) is 0 Å². The Morgan fingerprint density at radius 1 is 1.29 bits per heavy atom. The molecule has 2 atom stereocenters. The van der Waals surface area contributed by atoms with Crippen molar-refractivity contribution in [2.45, 2.75) is 32.2 Å². The summed E-state index contributed by atoms with van der Waals surface area (Å²) in [5.41, 5.74) is 0.969. The average molecular weight is 236 g/mol. The summed E-state index contributed by atoms with van der Waals surface area (Å²) in [5, 5.41) is 0. The van der Waals surface area contributed by atoms with Gasteiger partial charge in [-0.1, -0.05) is 12.1 Å². The van der Waals surface area contributed by atoms with Crippen molar-refractivity contribution in [2.75, 3.05) is 7.11 Å². The van der Waals surface area contributed by atoms with E-state index in [1.807, 2.05) is 38.1 Å². The van der Waals surface area contributed by atoms with Crippen LogP contribution in [0.4, 0.5) is 0 Å². The van der Waals surface area contributed by atoms with E-state index in [9.17, 15) is 4.79 Å². The van der Waals surface area contributed by atoms with E-state index in [4.69, 9.17) is 14.2 Å². The second-order valence-corrected chi connectivity index (χ2v) is 4.24. The van der Waals surface area contributed by atoms with Gasteiger partial charge in [0.15, 0.2) is 6.10 Å². The van der Waals surface area contributed by atoms with Crippen molar-refractivity contribution in [2.24, 2.45) is 0 Å². The lowest BCUT2D eigenvalue weighted by Crippen LogP contribution is -2.17. The van der Waals surface area contributed by atoms with E-state index in [1.54, 1.807) is 7.11 Å². The second kappa shape index (κ2) is 4.75. The van der Waals surface area contributed by atoms with Crippen LogP contribution in [-0.2, 0) is 14.3 Å².